The lowest BCUT2D eigenvalue weighted by atomic mass is 10.0. The van der Waals surface area contributed by atoms with Crippen LogP contribution in [0.5, 0.6) is 0 Å². The van der Waals surface area contributed by atoms with Gasteiger partial charge in [-0.1, -0.05) is 0 Å². The molecule has 1 aliphatic heterocycles. The standard InChI is InChI=1S/C22H20FN7O/c1-13-9-20-24-7-5-21(31)30(20)28-22(13)29-8-6-18-15(12-29)10-16(11-25-18)27-17-3-4-19(23)26-14(17)2/h3-5,7,9-11,27H,6,8,12H2,1-2H3. The van der Waals surface area contributed by atoms with Crippen molar-refractivity contribution in [1.29, 1.82) is 0 Å². The van der Waals surface area contributed by atoms with Crippen molar-refractivity contribution in [2.45, 2.75) is 26.8 Å². The van der Waals surface area contributed by atoms with E-state index in [4.69, 9.17) is 0 Å². The lowest BCUT2D eigenvalue weighted by Gasteiger charge is -2.30. The quantitative estimate of drug-likeness (QED) is 0.513. The molecular formula is C22H20FN7O. The summed E-state index contributed by atoms with van der Waals surface area (Å²) < 4.78 is 14.6. The molecule has 1 N–H and O–H groups in total. The third kappa shape index (κ3) is 3.58. The van der Waals surface area contributed by atoms with Crippen LogP contribution in [0.25, 0.3) is 5.65 Å². The summed E-state index contributed by atoms with van der Waals surface area (Å²) in [6.07, 6.45) is 4.05. The van der Waals surface area contributed by atoms with Crippen molar-refractivity contribution in [3.63, 3.8) is 0 Å². The average molecular weight is 417 g/mol. The number of anilines is 3. The van der Waals surface area contributed by atoms with Gasteiger partial charge in [-0.25, -0.2) is 9.97 Å². The summed E-state index contributed by atoms with van der Waals surface area (Å²) >= 11 is 0. The molecule has 4 aromatic rings. The van der Waals surface area contributed by atoms with Crippen molar-refractivity contribution in [3.8, 4) is 0 Å². The molecule has 8 nitrogen and oxygen atoms in total. The normalized spacial score (nSPS) is 13.3. The predicted octanol–water partition coefficient (Wildman–Crippen LogP) is 2.94. The van der Waals surface area contributed by atoms with Gasteiger partial charge >= 0.3 is 0 Å². The van der Waals surface area contributed by atoms with E-state index in [1.165, 1.54) is 22.8 Å². The molecule has 0 unspecified atom stereocenters. The largest absolute Gasteiger partial charge is 0.353 e. The van der Waals surface area contributed by atoms with E-state index in [0.717, 1.165) is 47.0 Å². The first-order valence-electron chi connectivity index (χ1n) is 9.96. The summed E-state index contributed by atoms with van der Waals surface area (Å²) in [7, 11) is 0. The zero-order valence-corrected chi connectivity index (χ0v) is 17.1. The topological polar surface area (TPSA) is 88.3 Å². The first kappa shape index (κ1) is 19.1. The number of hydrogen-bond donors (Lipinski definition) is 1. The Labute approximate surface area is 177 Å². The number of aromatic nitrogens is 5. The molecule has 0 spiro atoms. The summed E-state index contributed by atoms with van der Waals surface area (Å²) in [5, 5.41) is 7.84. The molecule has 0 saturated carbocycles. The van der Waals surface area contributed by atoms with E-state index >= 15 is 0 Å². The molecule has 5 heterocycles. The van der Waals surface area contributed by atoms with E-state index in [-0.39, 0.29) is 5.56 Å². The lowest BCUT2D eigenvalue weighted by Crippen LogP contribution is -2.33. The monoisotopic (exact) mass is 417 g/mol. The highest BCUT2D eigenvalue weighted by atomic mass is 19.1. The molecule has 1 aliphatic rings. The van der Waals surface area contributed by atoms with Crippen molar-refractivity contribution >= 4 is 22.8 Å². The second kappa shape index (κ2) is 7.42. The van der Waals surface area contributed by atoms with Crippen molar-refractivity contribution in [1.82, 2.24) is 24.6 Å². The van der Waals surface area contributed by atoms with Gasteiger partial charge in [0.15, 0.2) is 11.5 Å². The number of aryl methyl sites for hydroxylation is 2. The Hall–Kier alpha value is -3.88. The Morgan fingerprint density at radius 2 is 2.00 bits per heavy atom. The maximum Gasteiger partial charge on any atom is 0.274 e. The number of nitrogens with one attached hydrogen (secondary N) is 1. The van der Waals surface area contributed by atoms with Gasteiger partial charge in [0.1, 0.15) is 0 Å². The third-order valence-corrected chi connectivity index (χ3v) is 5.41. The van der Waals surface area contributed by atoms with E-state index in [1.807, 2.05) is 19.1 Å². The van der Waals surface area contributed by atoms with Crippen LogP contribution in [0.2, 0.25) is 0 Å². The van der Waals surface area contributed by atoms with E-state index in [2.05, 4.69) is 30.3 Å². The first-order valence-corrected chi connectivity index (χ1v) is 9.96. The van der Waals surface area contributed by atoms with Crippen molar-refractivity contribution < 1.29 is 4.39 Å². The van der Waals surface area contributed by atoms with Crippen LogP contribution < -0.4 is 15.8 Å². The summed E-state index contributed by atoms with van der Waals surface area (Å²) in [5.74, 6) is 0.250. The molecule has 0 radical (unpaired) electrons. The SMILES string of the molecule is Cc1cc2nccc(=O)n2nc1N1CCc2ncc(Nc3ccc(F)nc3C)cc2C1. The molecular weight excluding hydrogens is 397 g/mol. The molecule has 0 bridgehead atoms. The Balaban J connectivity index is 1.45. The first-order chi connectivity index (χ1) is 15.0. The Bertz CT molecular complexity index is 1370. The van der Waals surface area contributed by atoms with Gasteiger partial charge in [0.05, 0.1) is 23.3 Å². The zero-order chi connectivity index (χ0) is 21.5. The van der Waals surface area contributed by atoms with Crippen molar-refractivity contribution in [3.05, 3.63) is 81.5 Å². The molecule has 0 aromatic carbocycles. The Kier molecular flexibility index (Phi) is 4.58. The fraction of sp³-hybridized carbons (Fsp3) is 0.227. The van der Waals surface area contributed by atoms with Crippen LogP contribution in [-0.2, 0) is 13.0 Å². The number of fused-ring (bicyclic) bond motifs is 2. The fourth-order valence-electron chi connectivity index (χ4n) is 3.85. The molecule has 156 valence electrons. The highest BCUT2D eigenvalue weighted by Gasteiger charge is 2.21. The van der Waals surface area contributed by atoms with Crippen LogP contribution in [0.4, 0.5) is 21.6 Å². The summed E-state index contributed by atoms with van der Waals surface area (Å²) in [5.41, 5.74) is 5.50. The predicted molar refractivity (Wildman–Crippen MR) is 115 cm³/mol. The molecule has 0 fully saturated rings. The van der Waals surface area contributed by atoms with Gasteiger partial charge in [-0.2, -0.15) is 8.91 Å². The molecule has 0 aliphatic carbocycles. The molecule has 9 heteroatoms. The van der Waals surface area contributed by atoms with Crippen LogP contribution in [0.1, 0.15) is 22.5 Å². The fourth-order valence-corrected chi connectivity index (χ4v) is 3.85. The maximum absolute atomic E-state index is 13.3. The summed E-state index contributed by atoms with van der Waals surface area (Å²) in [6, 6.07) is 8.31. The van der Waals surface area contributed by atoms with Crippen LogP contribution in [0.15, 0.2) is 47.5 Å². The second-order valence-electron chi connectivity index (χ2n) is 7.60. The van der Waals surface area contributed by atoms with E-state index in [0.29, 0.717) is 17.9 Å². The molecule has 0 amide bonds. The third-order valence-electron chi connectivity index (χ3n) is 5.41. The number of pyridine rings is 2. The van der Waals surface area contributed by atoms with Gasteiger partial charge in [0.25, 0.3) is 5.56 Å². The lowest BCUT2D eigenvalue weighted by molar-refractivity contribution is 0.580. The minimum Gasteiger partial charge on any atom is -0.353 e. The number of rotatable bonds is 3. The summed E-state index contributed by atoms with van der Waals surface area (Å²) in [6.45, 7) is 5.09. The van der Waals surface area contributed by atoms with Gasteiger partial charge in [0.2, 0.25) is 5.95 Å². The van der Waals surface area contributed by atoms with Crippen LogP contribution in [0.3, 0.4) is 0 Å². The van der Waals surface area contributed by atoms with Crippen LogP contribution in [0, 0.1) is 19.8 Å². The highest BCUT2D eigenvalue weighted by Crippen LogP contribution is 2.27. The smallest absolute Gasteiger partial charge is 0.274 e. The maximum atomic E-state index is 13.3. The van der Waals surface area contributed by atoms with Crippen molar-refractivity contribution in [2.75, 3.05) is 16.8 Å². The van der Waals surface area contributed by atoms with Crippen LogP contribution >= 0.6 is 0 Å². The Morgan fingerprint density at radius 1 is 1.13 bits per heavy atom. The van der Waals surface area contributed by atoms with Gasteiger partial charge < -0.3 is 10.2 Å². The van der Waals surface area contributed by atoms with Gasteiger partial charge in [-0.05, 0) is 49.2 Å². The van der Waals surface area contributed by atoms with Crippen molar-refractivity contribution in [2.24, 2.45) is 0 Å². The molecule has 31 heavy (non-hydrogen) atoms. The average Bonchev–Trinajstić information content (AvgIpc) is 2.75. The highest BCUT2D eigenvalue weighted by molar-refractivity contribution is 5.62. The summed E-state index contributed by atoms with van der Waals surface area (Å²) in [4.78, 5) is 27.0. The van der Waals surface area contributed by atoms with E-state index < -0.39 is 5.95 Å². The molecule has 4 aromatic heterocycles. The van der Waals surface area contributed by atoms with Gasteiger partial charge in [0, 0.05) is 37.5 Å². The molecule has 0 atom stereocenters. The number of hydrogen-bond acceptors (Lipinski definition) is 7. The van der Waals surface area contributed by atoms with Gasteiger partial charge in [-0.15, -0.1) is 5.10 Å². The van der Waals surface area contributed by atoms with Gasteiger partial charge in [-0.3, -0.25) is 9.78 Å². The molecule has 0 saturated heterocycles. The van der Waals surface area contributed by atoms with E-state index in [1.54, 1.807) is 19.2 Å². The molecule has 5 rings (SSSR count). The Morgan fingerprint density at radius 3 is 2.84 bits per heavy atom. The number of nitrogens with zero attached hydrogens (tertiary/aromatic N) is 6. The number of halogens is 1. The minimum atomic E-state index is -0.505. The zero-order valence-electron chi connectivity index (χ0n) is 17.1. The second-order valence-corrected chi connectivity index (χ2v) is 7.60. The van der Waals surface area contributed by atoms with Crippen LogP contribution in [-0.4, -0.2) is 31.1 Å². The van der Waals surface area contributed by atoms with E-state index in [9.17, 15) is 9.18 Å². The minimum absolute atomic E-state index is 0.208.